The lowest BCUT2D eigenvalue weighted by Gasteiger charge is -2.13. The zero-order chi connectivity index (χ0) is 26.4. The number of aromatic nitrogens is 3. The van der Waals surface area contributed by atoms with Crippen LogP contribution in [0.2, 0.25) is 0 Å². The lowest BCUT2D eigenvalue weighted by Crippen LogP contribution is -2.08. The van der Waals surface area contributed by atoms with Gasteiger partial charge in [0.05, 0.1) is 16.7 Å². The molecule has 30 heavy (non-hydrogen) atoms. The number of nitrogens with one attached hydrogen (secondary N) is 2. The number of rotatable bonds is 5. The van der Waals surface area contributed by atoms with E-state index in [1.807, 2.05) is 0 Å². The van der Waals surface area contributed by atoms with E-state index in [-0.39, 0.29) is 28.6 Å². The van der Waals surface area contributed by atoms with Gasteiger partial charge >= 0.3 is 5.76 Å². The first-order valence-electron chi connectivity index (χ1n) is 11.7. The number of oxazole rings is 1. The van der Waals surface area contributed by atoms with Gasteiger partial charge in [0.15, 0.2) is 17.1 Å². The van der Waals surface area contributed by atoms with Crippen molar-refractivity contribution in [2.24, 2.45) is 7.05 Å². The Hall–Kier alpha value is -3.88. The second kappa shape index (κ2) is 7.51. The van der Waals surface area contributed by atoms with Crippen LogP contribution in [-0.2, 0) is 7.05 Å². The summed E-state index contributed by atoms with van der Waals surface area (Å²) in [4.78, 5) is 20.1. The smallest absolute Gasteiger partial charge is 0.419 e. The first-order chi connectivity index (χ1) is 16.7. The van der Waals surface area contributed by atoms with Gasteiger partial charge in [0.2, 0.25) is 5.95 Å². The van der Waals surface area contributed by atoms with Crippen LogP contribution in [0.5, 0.6) is 5.75 Å². The zero-order valence-electron chi connectivity index (χ0n) is 21.9. The summed E-state index contributed by atoms with van der Waals surface area (Å²) in [5.74, 6) is -1.96. The number of anilines is 4. The van der Waals surface area contributed by atoms with Crippen LogP contribution >= 0.6 is 0 Å². The third-order valence-electron chi connectivity index (χ3n) is 4.43. The molecule has 0 radical (unpaired) electrons. The fraction of sp³-hybridized carbons (Fsp3) is 0.190. The molecule has 0 fully saturated rings. The minimum atomic E-state index is -2.86. The summed E-state index contributed by atoms with van der Waals surface area (Å²) in [5, 5.41) is 5.74. The second-order valence-electron chi connectivity index (χ2n) is 6.52. The Labute approximate surface area is 179 Å². The number of benzene rings is 2. The maximum Gasteiger partial charge on any atom is 0.419 e. The van der Waals surface area contributed by atoms with Crippen molar-refractivity contribution in [3.63, 3.8) is 0 Å². The van der Waals surface area contributed by atoms with Crippen LogP contribution in [-0.4, -0.2) is 21.6 Å². The fourth-order valence-electron chi connectivity index (χ4n) is 2.89. The quantitative estimate of drug-likeness (QED) is 0.505. The first kappa shape index (κ1) is 13.4. The van der Waals surface area contributed by atoms with Crippen LogP contribution in [0, 0.1) is 19.6 Å². The van der Waals surface area contributed by atoms with Gasteiger partial charge in [0.25, 0.3) is 0 Å². The molecule has 8 nitrogen and oxygen atoms in total. The van der Waals surface area contributed by atoms with Crippen LogP contribution in [0.25, 0.3) is 11.1 Å². The molecule has 2 aromatic carbocycles. The van der Waals surface area contributed by atoms with Crippen LogP contribution in [0.3, 0.4) is 0 Å². The van der Waals surface area contributed by atoms with Crippen LogP contribution in [0.4, 0.5) is 27.5 Å². The van der Waals surface area contributed by atoms with Gasteiger partial charge < -0.3 is 19.8 Å². The molecule has 0 amide bonds. The minimum absolute atomic E-state index is 0.0434. The third kappa shape index (κ3) is 3.57. The van der Waals surface area contributed by atoms with E-state index in [9.17, 15) is 9.18 Å². The molecule has 0 saturated heterocycles. The normalized spacial score (nSPS) is 14.8. The number of ether oxygens (including phenoxy) is 1. The maximum absolute atomic E-state index is 14.3. The maximum atomic E-state index is 14.3. The van der Waals surface area contributed by atoms with Gasteiger partial charge in [-0.2, -0.15) is 4.98 Å². The van der Waals surface area contributed by atoms with Crippen molar-refractivity contribution >= 4 is 34.2 Å². The molecule has 0 aliphatic heterocycles. The molecule has 0 aliphatic rings. The summed E-state index contributed by atoms with van der Waals surface area (Å²) in [5.41, 5.74) is 1.43. The summed E-state index contributed by atoms with van der Waals surface area (Å²) in [6.45, 7) is -1.13. The van der Waals surface area contributed by atoms with Crippen LogP contribution in [0.1, 0.15) is 19.4 Å². The average molecular weight is 415 g/mol. The van der Waals surface area contributed by atoms with Crippen molar-refractivity contribution in [1.29, 1.82) is 0 Å². The number of hydrogen-bond acceptors (Lipinski definition) is 7. The highest BCUT2D eigenvalue weighted by Gasteiger charge is 2.11. The van der Waals surface area contributed by atoms with E-state index in [2.05, 4.69) is 20.6 Å². The first-order valence-corrected chi connectivity index (χ1v) is 8.71. The fourth-order valence-corrected chi connectivity index (χ4v) is 2.89. The highest BCUT2D eigenvalue weighted by Crippen LogP contribution is 2.28. The predicted molar refractivity (Wildman–Crippen MR) is 112 cm³/mol. The molecule has 4 aromatic rings. The Morgan fingerprint density at radius 2 is 2.07 bits per heavy atom. The van der Waals surface area contributed by atoms with Crippen molar-refractivity contribution in [3.8, 4) is 5.75 Å². The summed E-state index contributed by atoms with van der Waals surface area (Å²) < 4.78 is 70.6. The number of hydrogen-bond donors (Lipinski definition) is 2. The Balaban J connectivity index is 1.71. The number of nitrogens with zero attached hydrogens (tertiary/aromatic N) is 3. The second-order valence-corrected chi connectivity index (χ2v) is 6.52. The number of fused-ring (bicyclic) bond motifs is 1. The largest absolute Gasteiger partial charge is 0.494 e. The standard InChI is InChI=1S/C21H20FN5O3/c1-11-7-14(9-17(29-4)18(11)22)25-20-23-10-12(2)19(26-20)24-13-5-6-16-15(8-13)27(3)21(28)30-16/h5-10H,1-4H3,(H2,23,24,25,26)/i2D3,4D3. The SMILES string of the molecule is [2H]C([2H])([2H])Oc1cc(Nc2ncc(C([2H])([2H])[2H])c(Nc3ccc4oc(=O)n(C)c4c3)n2)cc(C)c1F. The van der Waals surface area contributed by atoms with Gasteiger partial charge in [-0.25, -0.2) is 14.2 Å². The molecule has 0 bridgehead atoms. The van der Waals surface area contributed by atoms with Gasteiger partial charge in [-0.1, -0.05) is 0 Å². The molecule has 2 N–H and O–H groups in total. The molecule has 0 aliphatic carbocycles. The molecule has 2 aromatic heterocycles. The highest BCUT2D eigenvalue weighted by molar-refractivity contribution is 5.79. The van der Waals surface area contributed by atoms with Crippen molar-refractivity contribution in [2.45, 2.75) is 13.8 Å². The summed E-state index contributed by atoms with van der Waals surface area (Å²) in [6.07, 6.45) is 1.12. The predicted octanol–water partition coefficient (Wildman–Crippen LogP) is 4.17. The van der Waals surface area contributed by atoms with Gasteiger partial charge in [-0.15, -0.1) is 0 Å². The van der Waals surface area contributed by atoms with Gasteiger partial charge in [-0.05, 0) is 43.6 Å². The van der Waals surface area contributed by atoms with Crippen LogP contribution in [0.15, 0.2) is 45.7 Å². The molecule has 0 unspecified atom stereocenters. The average Bonchev–Trinajstić information content (AvgIpc) is 3.03. The molecule has 0 atom stereocenters. The summed E-state index contributed by atoms with van der Waals surface area (Å²) >= 11 is 0. The van der Waals surface area contributed by atoms with E-state index < -0.39 is 31.2 Å². The van der Waals surface area contributed by atoms with Gasteiger partial charge in [0, 0.05) is 40.4 Å². The number of methoxy groups -OCH3 is 1. The van der Waals surface area contributed by atoms with Crippen molar-refractivity contribution in [3.05, 3.63) is 64.0 Å². The van der Waals surface area contributed by atoms with Crippen molar-refractivity contribution in [2.75, 3.05) is 17.7 Å². The Kier molecular flexibility index (Phi) is 3.34. The molecular weight excluding hydrogens is 389 g/mol. The third-order valence-corrected chi connectivity index (χ3v) is 4.43. The molecule has 2 heterocycles. The summed E-state index contributed by atoms with van der Waals surface area (Å²) in [7, 11) is -1.33. The Morgan fingerprint density at radius 1 is 1.20 bits per heavy atom. The van der Waals surface area contributed by atoms with E-state index in [4.69, 9.17) is 17.4 Å². The van der Waals surface area contributed by atoms with E-state index in [1.165, 1.54) is 24.6 Å². The van der Waals surface area contributed by atoms with Crippen molar-refractivity contribution in [1.82, 2.24) is 14.5 Å². The number of aryl methyl sites for hydroxylation is 3. The minimum Gasteiger partial charge on any atom is -0.494 e. The lowest BCUT2D eigenvalue weighted by molar-refractivity contribution is 0.385. The molecule has 0 saturated carbocycles. The highest BCUT2D eigenvalue weighted by atomic mass is 19.1. The van der Waals surface area contributed by atoms with E-state index >= 15 is 0 Å². The summed E-state index contributed by atoms with van der Waals surface area (Å²) in [6, 6.07) is 7.27. The van der Waals surface area contributed by atoms with Gasteiger partial charge in [0.1, 0.15) is 5.82 Å². The monoisotopic (exact) mass is 415 g/mol. The van der Waals surface area contributed by atoms with Gasteiger partial charge in [-0.3, -0.25) is 4.57 Å². The lowest BCUT2D eigenvalue weighted by atomic mass is 10.2. The van der Waals surface area contributed by atoms with E-state index in [1.54, 1.807) is 18.2 Å². The van der Waals surface area contributed by atoms with Crippen LogP contribution < -0.4 is 21.1 Å². The number of halogens is 1. The molecule has 154 valence electrons. The molecule has 4 rings (SSSR count). The Morgan fingerprint density at radius 3 is 2.87 bits per heavy atom. The molecule has 0 spiro atoms. The van der Waals surface area contributed by atoms with Crippen molar-refractivity contribution < 1.29 is 21.8 Å². The van der Waals surface area contributed by atoms with E-state index in [0.717, 1.165) is 12.3 Å². The Bertz CT molecular complexity index is 1510. The van der Waals surface area contributed by atoms with E-state index in [0.29, 0.717) is 16.8 Å². The molecule has 9 heteroatoms. The zero-order valence-corrected chi connectivity index (χ0v) is 15.9. The molecular formula is C21H20FN5O3. The topological polar surface area (TPSA) is 94.2 Å².